The Morgan fingerprint density at radius 3 is 2.12 bits per heavy atom. The van der Waals surface area contributed by atoms with Gasteiger partial charge in [-0.3, -0.25) is 4.79 Å². The maximum absolute atomic E-state index is 11.3. The zero-order valence-electron chi connectivity index (χ0n) is 10.9. The maximum atomic E-state index is 11.3. The van der Waals surface area contributed by atoms with Gasteiger partial charge in [0.2, 0.25) is 0 Å². The first kappa shape index (κ1) is 15.4. The summed E-state index contributed by atoms with van der Waals surface area (Å²) < 4.78 is 15.3. The summed E-state index contributed by atoms with van der Waals surface area (Å²) in [5, 5.41) is 0. The van der Waals surface area contributed by atoms with Crippen LogP contribution in [0.5, 0.6) is 0 Å². The summed E-state index contributed by atoms with van der Waals surface area (Å²) in [4.78, 5) is 11.3. The third-order valence-corrected chi connectivity index (χ3v) is 2.80. The van der Waals surface area contributed by atoms with E-state index < -0.39 is 5.79 Å². The van der Waals surface area contributed by atoms with Crippen LogP contribution in [-0.4, -0.2) is 33.1 Å². The molecule has 0 aliphatic carbocycles. The molecule has 0 bridgehead atoms. The molecule has 0 N–H and O–H groups in total. The average Bonchev–Trinajstić information content (AvgIpc) is 2.33. The second-order valence-electron chi connectivity index (χ2n) is 3.88. The summed E-state index contributed by atoms with van der Waals surface area (Å²) in [7, 11) is 4.49. The first-order valence-corrected chi connectivity index (χ1v) is 5.81. The van der Waals surface area contributed by atoms with Crippen LogP contribution in [0.4, 0.5) is 0 Å². The van der Waals surface area contributed by atoms with Crippen LogP contribution in [0.1, 0.15) is 45.4 Å². The van der Waals surface area contributed by atoms with Gasteiger partial charge < -0.3 is 14.2 Å². The molecule has 0 aliphatic rings. The quantitative estimate of drug-likeness (QED) is 0.348. The first-order chi connectivity index (χ1) is 7.64. The average molecular weight is 232 g/mol. The predicted molar refractivity (Wildman–Crippen MR) is 62.1 cm³/mol. The van der Waals surface area contributed by atoms with Gasteiger partial charge in [-0.05, 0) is 6.42 Å². The number of carbonyl (C=O) groups is 1. The molecule has 0 aliphatic heterocycles. The maximum Gasteiger partial charge on any atom is 0.310 e. The molecule has 4 heteroatoms. The Hall–Kier alpha value is -0.610. The van der Waals surface area contributed by atoms with Crippen LogP contribution in [0.25, 0.3) is 0 Å². The van der Waals surface area contributed by atoms with Gasteiger partial charge in [-0.25, -0.2) is 0 Å². The van der Waals surface area contributed by atoms with Crippen molar-refractivity contribution in [2.24, 2.45) is 0 Å². The zero-order valence-corrected chi connectivity index (χ0v) is 10.9. The highest BCUT2D eigenvalue weighted by atomic mass is 16.7. The molecule has 0 aromatic carbocycles. The van der Waals surface area contributed by atoms with Crippen molar-refractivity contribution < 1.29 is 19.0 Å². The van der Waals surface area contributed by atoms with E-state index in [4.69, 9.17) is 9.47 Å². The number of hydrogen-bond donors (Lipinski definition) is 0. The third kappa shape index (κ3) is 5.47. The van der Waals surface area contributed by atoms with E-state index in [-0.39, 0.29) is 12.4 Å². The number of unbranched alkanes of at least 4 members (excludes halogenated alkanes) is 3. The van der Waals surface area contributed by atoms with E-state index in [1.165, 1.54) is 20.0 Å². The van der Waals surface area contributed by atoms with E-state index >= 15 is 0 Å². The Labute approximate surface area is 98.3 Å². The Balaban J connectivity index is 4.15. The fourth-order valence-electron chi connectivity index (χ4n) is 1.63. The Bertz CT molecular complexity index is 187. The lowest BCUT2D eigenvalue weighted by atomic mass is 10.0. The van der Waals surface area contributed by atoms with Gasteiger partial charge in [0.15, 0.2) is 5.79 Å². The number of rotatable bonds is 9. The van der Waals surface area contributed by atoms with Gasteiger partial charge in [-0.1, -0.05) is 26.2 Å². The van der Waals surface area contributed by atoms with Crippen molar-refractivity contribution >= 4 is 5.97 Å². The van der Waals surface area contributed by atoms with Crippen molar-refractivity contribution in [3.63, 3.8) is 0 Å². The zero-order chi connectivity index (χ0) is 12.4. The fourth-order valence-corrected chi connectivity index (χ4v) is 1.63. The molecule has 96 valence electrons. The molecule has 0 aromatic rings. The summed E-state index contributed by atoms with van der Waals surface area (Å²) in [5.41, 5.74) is 0. The molecule has 0 heterocycles. The standard InChI is InChI=1S/C12H24O4/c1-5-6-7-8-9-12(15-3,16-4)10-11(13)14-2/h5-10H2,1-4H3. The summed E-state index contributed by atoms with van der Waals surface area (Å²) in [5.74, 6) is -1.12. The van der Waals surface area contributed by atoms with Crippen molar-refractivity contribution in [2.45, 2.75) is 51.2 Å². The summed E-state index contributed by atoms with van der Waals surface area (Å²) in [6, 6.07) is 0. The molecule has 0 aromatic heterocycles. The van der Waals surface area contributed by atoms with E-state index in [0.717, 1.165) is 19.3 Å². The van der Waals surface area contributed by atoms with Crippen LogP contribution >= 0.6 is 0 Å². The highest BCUT2D eigenvalue weighted by Gasteiger charge is 2.32. The van der Waals surface area contributed by atoms with Crippen molar-refractivity contribution in [2.75, 3.05) is 21.3 Å². The number of methoxy groups -OCH3 is 3. The lowest BCUT2D eigenvalue weighted by Crippen LogP contribution is -2.36. The molecule has 16 heavy (non-hydrogen) atoms. The summed E-state index contributed by atoms with van der Waals surface area (Å²) >= 11 is 0. The molecule has 0 spiro atoms. The van der Waals surface area contributed by atoms with Gasteiger partial charge in [-0.15, -0.1) is 0 Å². The van der Waals surface area contributed by atoms with Crippen molar-refractivity contribution in [1.29, 1.82) is 0 Å². The van der Waals surface area contributed by atoms with Crippen LogP contribution in [0.3, 0.4) is 0 Å². The number of ether oxygens (including phenoxy) is 3. The SMILES string of the molecule is CCCCCCC(CC(=O)OC)(OC)OC. The number of hydrogen-bond acceptors (Lipinski definition) is 4. The topological polar surface area (TPSA) is 44.8 Å². The second kappa shape index (κ2) is 8.53. The first-order valence-electron chi connectivity index (χ1n) is 5.81. The molecule has 0 rings (SSSR count). The smallest absolute Gasteiger partial charge is 0.310 e. The monoisotopic (exact) mass is 232 g/mol. The molecule has 0 radical (unpaired) electrons. The van der Waals surface area contributed by atoms with E-state index in [2.05, 4.69) is 11.7 Å². The molecule has 4 nitrogen and oxygen atoms in total. The largest absolute Gasteiger partial charge is 0.469 e. The minimum absolute atomic E-state index is 0.141. The van der Waals surface area contributed by atoms with Crippen LogP contribution in [0, 0.1) is 0 Å². The fraction of sp³-hybridized carbons (Fsp3) is 0.917. The van der Waals surface area contributed by atoms with Crippen LogP contribution in [0.2, 0.25) is 0 Å². The summed E-state index contributed by atoms with van der Waals surface area (Å²) in [6.07, 6.45) is 5.36. The van der Waals surface area contributed by atoms with Crippen LogP contribution < -0.4 is 0 Å². The highest BCUT2D eigenvalue weighted by molar-refractivity contribution is 5.70. The minimum atomic E-state index is -0.819. The second-order valence-corrected chi connectivity index (χ2v) is 3.88. The lowest BCUT2D eigenvalue weighted by molar-refractivity contribution is -0.220. The molecular weight excluding hydrogens is 208 g/mol. The van der Waals surface area contributed by atoms with Crippen LogP contribution in [0.15, 0.2) is 0 Å². The van der Waals surface area contributed by atoms with Gasteiger partial charge in [0, 0.05) is 20.6 Å². The van der Waals surface area contributed by atoms with Gasteiger partial charge in [-0.2, -0.15) is 0 Å². The number of esters is 1. The van der Waals surface area contributed by atoms with Crippen molar-refractivity contribution in [3.05, 3.63) is 0 Å². The Morgan fingerprint density at radius 1 is 1.06 bits per heavy atom. The Morgan fingerprint density at radius 2 is 1.69 bits per heavy atom. The highest BCUT2D eigenvalue weighted by Crippen LogP contribution is 2.24. The van der Waals surface area contributed by atoms with Gasteiger partial charge in [0.25, 0.3) is 0 Å². The van der Waals surface area contributed by atoms with Crippen molar-refractivity contribution in [3.8, 4) is 0 Å². The van der Waals surface area contributed by atoms with E-state index in [1.54, 1.807) is 14.2 Å². The molecule has 0 saturated heterocycles. The molecular formula is C12H24O4. The molecule has 0 amide bonds. The van der Waals surface area contributed by atoms with Gasteiger partial charge in [0.1, 0.15) is 0 Å². The Kier molecular flexibility index (Phi) is 8.21. The molecule has 0 fully saturated rings. The molecule has 0 atom stereocenters. The van der Waals surface area contributed by atoms with E-state index in [1.807, 2.05) is 0 Å². The van der Waals surface area contributed by atoms with Crippen LogP contribution in [-0.2, 0) is 19.0 Å². The van der Waals surface area contributed by atoms with E-state index in [9.17, 15) is 4.79 Å². The summed E-state index contributed by atoms with van der Waals surface area (Å²) in [6.45, 7) is 2.16. The normalized spacial score (nSPS) is 11.5. The van der Waals surface area contributed by atoms with E-state index in [0.29, 0.717) is 0 Å². The molecule has 0 unspecified atom stereocenters. The lowest BCUT2D eigenvalue weighted by Gasteiger charge is -2.29. The van der Waals surface area contributed by atoms with Gasteiger partial charge >= 0.3 is 5.97 Å². The van der Waals surface area contributed by atoms with Crippen molar-refractivity contribution in [1.82, 2.24) is 0 Å². The minimum Gasteiger partial charge on any atom is -0.469 e. The number of carbonyl (C=O) groups excluding carboxylic acids is 1. The van der Waals surface area contributed by atoms with Gasteiger partial charge in [0.05, 0.1) is 13.5 Å². The predicted octanol–water partition coefficient (Wildman–Crippen LogP) is 2.51. The third-order valence-electron chi connectivity index (χ3n) is 2.80. The molecule has 0 saturated carbocycles.